The van der Waals surface area contributed by atoms with E-state index in [1.54, 1.807) is 63.4 Å². The van der Waals surface area contributed by atoms with Crippen LogP contribution in [0.2, 0.25) is 5.02 Å². The van der Waals surface area contributed by atoms with Crippen LogP contribution >= 0.6 is 11.6 Å². The van der Waals surface area contributed by atoms with E-state index >= 15 is 0 Å². The molecule has 18 nitrogen and oxygen atoms in total. The van der Waals surface area contributed by atoms with Crippen LogP contribution in [0.4, 0.5) is 34.5 Å². The zero-order valence-electron chi connectivity index (χ0n) is 36.3. The zero-order chi connectivity index (χ0) is 46.0. The van der Waals surface area contributed by atoms with Crippen LogP contribution in [0.3, 0.4) is 0 Å². The summed E-state index contributed by atoms with van der Waals surface area (Å²) in [5, 5.41) is 11.3. The van der Waals surface area contributed by atoms with Gasteiger partial charge in [0.25, 0.3) is 11.8 Å². The Balaban J connectivity index is 0.806. The minimum Gasteiger partial charge on any atom is -0.494 e. The average Bonchev–Trinajstić information content (AvgIpc) is 3.56. The van der Waals surface area contributed by atoms with Gasteiger partial charge in [-0.3, -0.25) is 39.1 Å². The number of para-hydroxylation sites is 1. The second-order valence-corrected chi connectivity index (χ2v) is 19.5. The monoisotopic (exact) mass is 926 g/mol. The number of piperazine rings is 1. The van der Waals surface area contributed by atoms with Gasteiger partial charge >= 0.3 is 0 Å². The maximum absolute atomic E-state index is 13.4. The first-order chi connectivity index (χ1) is 31.2. The number of ether oxygens (including phenoxy) is 1. The smallest absolute Gasteiger partial charge is 0.264 e. The van der Waals surface area contributed by atoms with E-state index < -0.39 is 44.8 Å². The van der Waals surface area contributed by atoms with Crippen molar-refractivity contribution in [3.8, 4) is 5.75 Å². The molecule has 0 spiro atoms. The number of imide groups is 2. The number of benzene rings is 3. The van der Waals surface area contributed by atoms with E-state index in [2.05, 4.69) is 41.0 Å². The van der Waals surface area contributed by atoms with Gasteiger partial charge in [-0.25, -0.2) is 13.4 Å². The molecule has 0 aliphatic carbocycles. The van der Waals surface area contributed by atoms with Crippen LogP contribution in [-0.4, -0.2) is 133 Å². The highest BCUT2D eigenvalue weighted by atomic mass is 35.5. The van der Waals surface area contributed by atoms with Gasteiger partial charge in [0.1, 0.15) is 16.8 Å². The number of nitrogens with zero attached hydrogens (tertiary/aromatic N) is 6. The normalized spacial score (nSPS) is 18.5. The Hall–Kier alpha value is -6.31. The fourth-order valence-corrected chi connectivity index (χ4v) is 10.1. The Morgan fingerprint density at radius 2 is 1.63 bits per heavy atom. The summed E-state index contributed by atoms with van der Waals surface area (Å²) in [6, 6.07) is 16.7. The molecule has 4 aliphatic rings. The fraction of sp³-hybridized carbons (Fsp3) is 0.400. The first-order valence-electron chi connectivity index (χ1n) is 21.7. The van der Waals surface area contributed by atoms with Crippen LogP contribution in [0.5, 0.6) is 5.75 Å². The second kappa shape index (κ2) is 19.0. The van der Waals surface area contributed by atoms with E-state index in [4.69, 9.17) is 16.3 Å². The molecule has 3 fully saturated rings. The molecule has 8 rings (SSSR count). The quantitative estimate of drug-likeness (QED) is 0.125. The number of nitrogens with one attached hydrogen (secondary N) is 4. The number of halogens is 1. The molecule has 4 aromatic rings. The molecule has 5 heterocycles. The Kier molecular flexibility index (Phi) is 13.3. The number of hydrogen-bond donors (Lipinski definition) is 4. The lowest BCUT2D eigenvalue weighted by Gasteiger charge is -2.43. The third kappa shape index (κ3) is 9.44. The van der Waals surface area contributed by atoms with Crippen molar-refractivity contribution < 1.29 is 37.1 Å². The molecular weight excluding hydrogens is 876 g/mol. The van der Waals surface area contributed by atoms with Gasteiger partial charge in [0.05, 0.1) is 46.0 Å². The number of aromatic nitrogens is 2. The SMILES string of the molecule is COc1cc(N2CCC(N3CCN(C(=O)CCNc4cccc5c4C(=O)N(C4CCC(=O)NC4=O)C5=O)CC3)CC2)ccc1Nc1ncc(Cl)c(Nc2ccccc2S(=O)(=O)C(C)C)n1. The number of piperidine rings is 2. The van der Waals surface area contributed by atoms with Gasteiger partial charge in [-0.05, 0) is 69.5 Å². The van der Waals surface area contributed by atoms with Crippen molar-refractivity contribution in [1.82, 2.24) is 30.0 Å². The number of sulfone groups is 1. The van der Waals surface area contributed by atoms with Crippen molar-refractivity contribution >= 4 is 85.5 Å². The van der Waals surface area contributed by atoms with Crippen molar-refractivity contribution in [1.29, 1.82) is 0 Å². The van der Waals surface area contributed by atoms with Gasteiger partial charge in [-0.1, -0.05) is 29.8 Å². The first-order valence-corrected chi connectivity index (χ1v) is 23.6. The summed E-state index contributed by atoms with van der Waals surface area (Å²) in [6.45, 7) is 7.97. The largest absolute Gasteiger partial charge is 0.494 e. The lowest BCUT2D eigenvalue weighted by Crippen LogP contribution is -2.54. The van der Waals surface area contributed by atoms with Gasteiger partial charge in [-0.15, -0.1) is 0 Å². The highest BCUT2D eigenvalue weighted by Gasteiger charge is 2.45. The number of anilines is 6. The van der Waals surface area contributed by atoms with E-state index in [1.807, 2.05) is 23.1 Å². The number of hydrogen-bond acceptors (Lipinski definition) is 15. The van der Waals surface area contributed by atoms with E-state index in [9.17, 15) is 32.4 Å². The Labute approximate surface area is 382 Å². The number of fused-ring (bicyclic) bond motifs is 1. The predicted molar refractivity (Wildman–Crippen MR) is 245 cm³/mol. The summed E-state index contributed by atoms with van der Waals surface area (Å²) in [4.78, 5) is 80.7. The molecule has 20 heteroatoms. The predicted octanol–water partition coefficient (Wildman–Crippen LogP) is 4.82. The molecule has 342 valence electrons. The Morgan fingerprint density at radius 1 is 0.892 bits per heavy atom. The Morgan fingerprint density at radius 3 is 2.35 bits per heavy atom. The average molecular weight is 927 g/mol. The molecule has 4 N–H and O–H groups in total. The summed E-state index contributed by atoms with van der Waals surface area (Å²) < 4.78 is 31.8. The van der Waals surface area contributed by atoms with E-state index in [0.29, 0.717) is 41.9 Å². The summed E-state index contributed by atoms with van der Waals surface area (Å²) in [6.07, 6.45) is 3.67. The standard InChI is InChI=1S/C45H51ClN10O8S/c1-27(2)65(62,63)37-10-5-4-8-33(37)49-41-31(46)26-48-45(52-41)50-32-12-11-29(25-36(32)64-3)53-19-16-28(17-20-53)54-21-23-55(24-22-54)39(58)15-18-47-34-9-6-7-30-40(34)44(61)56(43(30)60)35-13-14-38(57)51-42(35)59/h4-12,25-28,35,47H,13-24H2,1-3H3,(H,51,57,59)(H2,48,49,50,52). The molecule has 1 aromatic heterocycles. The summed E-state index contributed by atoms with van der Waals surface area (Å²) in [5.74, 6) is -1.21. The fourth-order valence-electron chi connectivity index (χ4n) is 8.76. The molecule has 3 aromatic carbocycles. The van der Waals surface area contributed by atoms with Gasteiger partial charge < -0.3 is 30.5 Å². The van der Waals surface area contributed by atoms with E-state index in [1.165, 1.54) is 6.20 Å². The van der Waals surface area contributed by atoms with Crippen molar-refractivity contribution in [2.45, 2.75) is 68.2 Å². The molecule has 4 aliphatic heterocycles. The molecule has 1 unspecified atom stereocenters. The molecule has 65 heavy (non-hydrogen) atoms. The van der Waals surface area contributed by atoms with Crippen LogP contribution in [0, 0.1) is 0 Å². The Bertz CT molecular complexity index is 2630. The minimum absolute atomic E-state index is 0.000706. The maximum Gasteiger partial charge on any atom is 0.264 e. The summed E-state index contributed by atoms with van der Waals surface area (Å²) >= 11 is 6.46. The van der Waals surface area contributed by atoms with Crippen LogP contribution in [-0.2, 0) is 24.2 Å². The molecule has 3 saturated heterocycles. The van der Waals surface area contributed by atoms with E-state index in [-0.39, 0.29) is 64.5 Å². The molecule has 0 radical (unpaired) electrons. The zero-order valence-corrected chi connectivity index (χ0v) is 37.9. The molecular formula is C45H51ClN10O8S. The number of carbonyl (C=O) groups is 5. The van der Waals surface area contributed by atoms with Gasteiger partial charge in [-0.2, -0.15) is 4.98 Å². The minimum atomic E-state index is -3.58. The van der Waals surface area contributed by atoms with Crippen LogP contribution in [0.15, 0.2) is 71.8 Å². The highest BCUT2D eigenvalue weighted by Crippen LogP contribution is 2.36. The van der Waals surface area contributed by atoms with E-state index in [0.717, 1.165) is 49.6 Å². The number of amides is 5. The van der Waals surface area contributed by atoms with Crippen molar-refractivity contribution in [2.75, 3.05) is 73.8 Å². The lowest BCUT2D eigenvalue weighted by atomic mass is 10.0. The number of methoxy groups -OCH3 is 1. The van der Waals surface area contributed by atoms with Gasteiger partial charge in [0.2, 0.25) is 23.7 Å². The summed E-state index contributed by atoms with van der Waals surface area (Å²) in [5.41, 5.74) is 2.78. The third-order valence-electron chi connectivity index (χ3n) is 12.4. The maximum atomic E-state index is 13.4. The van der Waals surface area contributed by atoms with Crippen LogP contribution in [0.1, 0.15) is 66.7 Å². The molecule has 5 amide bonds. The van der Waals surface area contributed by atoms with Crippen molar-refractivity contribution in [3.05, 3.63) is 83.0 Å². The van der Waals surface area contributed by atoms with Gasteiger partial charge in [0, 0.05) is 82.1 Å². The van der Waals surface area contributed by atoms with Crippen LogP contribution < -0.4 is 30.9 Å². The summed E-state index contributed by atoms with van der Waals surface area (Å²) in [7, 11) is -1.99. The number of rotatable bonds is 14. The van der Waals surface area contributed by atoms with Crippen molar-refractivity contribution in [2.24, 2.45) is 0 Å². The second-order valence-electron chi connectivity index (χ2n) is 16.6. The molecule has 0 saturated carbocycles. The van der Waals surface area contributed by atoms with Gasteiger partial charge in [0.15, 0.2) is 15.7 Å². The molecule has 0 bridgehead atoms. The lowest BCUT2D eigenvalue weighted by molar-refractivity contribution is -0.136. The van der Waals surface area contributed by atoms with Crippen LogP contribution in [0.25, 0.3) is 0 Å². The topological polar surface area (TPSA) is 216 Å². The third-order valence-corrected chi connectivity index (χ3v) is 14.9. The number of carbonyl (C=O) groups excluding carboxylic acids is 5. The van der Waals surface area contributed by atoms with Crippen molar-refractivity contribution in [3.63, 3.8) is 0 Å². The first kappa shape index (κ1) is 45.3. The molecule has 1 atom stereocenters. The highest BCUT2D eigenvalue weighted by molar-refractivity contribution is 7.92.